The number of aliphatic hydroxyl groups is 1. The molecule has 0 bridgehead atoms. The van der Waals surface area contributed by atoms with E-state index in [-0.39, 0.29) is 12.6 Å². The van der Waals surface area contributed by atoms with Gasteiger partial charge in [0.1, 0.15) is 17.6 Å². The standard InChI is InChI=1S/C27H28N6O3/c1-18-23(32-26(35)29-16-27(2,3)17-34)15-33-25(18)24(19(13-28)14-30-33)31-20-9-11-22(12-10-20)36-21-7-5-4-6-8-21/h4-12,14-15,31,34H,16-17H2,1-3H3,(H2,29,32,35). The van der Waals surface area contributed by atoms with Crippen molar-refractivity contribution in [1.29, 1.82) is 5.26 Å². The Morgan fingerprint density at radius 3 is 2.50 bits per heavy atom. The quantitative estimate of drug-likeness (QED) is 0.273. The molecular weight excluding hydrogens is 456 g/mol. The average Bonchev–Trinajstić information content (AvgIpc) is 3.20. The number of amides is 2. The number of nitrogens with one attached hydrogen (secondary N) is 3. The maximum absolute atomic E-state index is 12.5. The van der Waals surface area contributed by atoms with E-state index < -0.39 is 5.41 Å². The summed E-state index contributed by atoms with van der Waals surface area (Å²) < 4.78 is 7.48. The van der Waals surface area contributed by atoms with Crippen molar-refractivity contribution in [2.24, 2.45) is 5.41 Å². The second kappa shape index (κ2) is 10.4. The Balaban J connectivity index is 1.57. The van der Waals surface area contributed by atoms with Crippen molar-refractivity contribution >= 4 is 28.6 Å². The molecule has 4 N–H and O–H groups in total. The van der Waals surface area contributed by atoms with Crippen LogP contribution in [0, 0.1) is 23.7 Å². The van der Waals surface area contributed by atoms with Gasteiger partial charge in [0.25, 0.3) is 0 Å². The first-order valence-corrected chi connectivity index (χ1v) is 11.5. The van der Waals surface area contributed by atoms with Crippen LogP contribution in [0.25, 0.3) is 5.52 Å². The number of fused-ring (bicyclic) bond motifs is 1. The molecule has 2 amide bonds. The lowest BCUT2D eigenvalue weighted by molar-refractivity contribution is 0.158. The number of carbonyl (C=O) groups is 1. The van der Waals surface area contributed by atoms with Crippen molar-refractivity contribution in [3.05, 3.63) is 78.1 Å². The van der Waals surface area contributed by atoms with Gasteiger partial charge in [-0.2, -0.15) is 10.4 Å². The van der Waals surface area contributed by atoms with Gasteiger partial charge in [-0.15, -0.1) is 0 Å². The van der Waals surface area contributed by atoms with Crippen LogP contribution in [-0.2, 0) is 0 Å². The van der Waals surface area contributed by atoms with Crippen LogP contribution in [0.5, 0.6) is 11.5 Å². The third-order valence-electron chi connectivity index (χ3n) is 5.68. The summed E-state index contributed by atoms with van der Waals surface area (Å²) in [7, 11) is 0. The third-order valence-corrected chi connectivity index (χ3v) is 5.68. The molecule has 36 heavy (non-hydrogen) atoms. The lowest BCUT2D eigenvalue weighted by Gasteiger charge is -2.21. The van der Waals surface area contributed by atoms with Crippen LogP contribution in [0.1, 0.15) is 25.0 Å². The number of benzene rings is 2. The van der Waals surface area contributed by atoms with Crippen LogP contribution < -0.4 is 20.7 Å². The van der Waals surface area contributed by atoms with Gasteiger partial charge in [-0.05, 0) is 43.3 Å². The molecule has 4 aromatic rings. The zero-order chi connectivity index (χ0) is 25.7. The Kier molecular flexibility index (Phi) is 7.08. The Hall–Kier alpha value is -4.55. The molecule has 0 saturated heterocycles. The van der Waals surface area contributed by atoms with E-state index in [2.05, 4.69) is 27.1 Å². The normalized spacial score (nSPS) is 11.1. The number of carbonyl (C=O) groups excluding carboxylic acids is 1. The minimum atomic E-state index is -0.431. The van der Waals surface area contributed by atoms with Crippen molar-refractivity contribution in [2.75, 3.05) is 23.8 Å². The second-order valence-electron chi connectivity index (χ2n) is 9.20. The summed E-state index contributed by atoms with van der Waals surface area (Å²) in [6.07, 6.45) is 3.18. The molecular formula is C27H28N6O3. The molecule has 2 aromatic carbocycles. The number of anilines is 3. The monoisotopic (exact) mass is 484 g/mol. The Morgan fingerprint density at radius 2 is 1.83 bits per heavy atom. The summed E-state index contributed by atoms with van der Waals surface area (Å²) in [5.41, 5.74) is 3.27. The summed E-state index contributed by atoms with van der Waals surface area (Å²) in [5.74, 6) is 1.43. The summed E-state index contributed by atoms with van der Waals surface area (Å²) in [5, 5.41) is 32.4. The summed E-state index contributed by atoms with van der Waals surface area (Å²) in [6, 6.07) is 18.7. The van der Waals surface area contributed by atoms with Crippen LogP contribution in [0.2, 0.25) is 0 Å². The molecule has 184 valence electrons. The number of nitrogens with zero attached hydrogens (tertiary/aromatic N) is 3. The number of ether oxygens (including phenoxy) is 1. The van der Waals surface area contributed by atoms with Gasteiger partial charge in [-0.1, -0.05) is 32.0 Å². The first-order chi connectivity index (χ1) is 17.3. The van der Waals surface area contributed by atoms with Crippen molar-refractivity contribution in [1.82, 2.24) is 14.9 Å². The van der Waals surface area contributed by atoms with Gasteiger partial charge in [0, 0.05) is 29.8 Å². The molecule has 4 rings (SSSR count). The van der Waals surface area contributed by atoms with Gasteiger partial charge in [0.05, 0.1) is 34.8 Å². The number of hydrogen-bond donors (Lipinski definition) is 4. The van der Waals surface area contributed by atoms with E-state index in [0.29, 0.717) is 34.7 Å². The van der Waals surface area contributed by atoms with Crippen LogP contribution in [-0.4, -0.2) is 33.9 Å². The van der Waals surface area contributed by atoms with E-state index in [1.165, 1.54) is 6.20 Å². The number of aromatic nitrogens is 2. The van der Waals surface area contributed by atoms with Crippen LogP contribution in [0.3, 0.4) is 0 Å². The van der Waals surface area contributed by atoms with Crippen molar-refractivity contribution in [3.8, 4) is 17.6 Å². The highest BCUT2D eigenvalue weighted by atomic mass is 16.5. The lowest BCUT2D eigenvalue weighted by atomic mass is 9.95. The highest BCUT2D eigenvalue weighted by molar-refractivity contribution is 5.94. The molecule has 0 fully saturated rings. The van der Waals surface area contributed by atoms with Crippen molar-refractivity contribution in [2.45, 2.75) is 20.8 Å². The summed E-state index contributed by atoms with van der Waals surface area (Å²) in [4.78, 5) is 12.5. The molecule has 0 unspecified atom stereocenters. The predicted molar refractivity (Wildman–Crippen MR) is 139 cm³/mol. The molecule has 2 heterocycles. The number of aliphatic hydroxyl groups excluding tert-OH is 1. The lowest BCUT2D eigenvalue weighted by Crippen LogP contribution is -2.38. The molecule has 9 heteroatoms. The molecule has 9 nitrogen and oxygen atoms in total. The van der Waals surface area contributed by atoms with Crippen LogP contribution >= 0.6 is 0 Å². The summed E-state index contributed by atoms with van der Waals surface area (Å²) in [6.45, 7) is 5.84. The highest BCUT2D eigenvalue weighted by Crippen LogP contribution is 2.33. The number of urea groups is 1. The van der Waals surface area contributed by atoms with Crippen LogP contribution in [0.15, 0.2) is 67.0 Å². The highest BCUT2D eigenvalue weighted by Gasteiger charge is 2.20. The fraction of sp³-hybridized carbons (Fsp3) is 0.222. The van der Waals surface area contributed by atoms with Crippen LogP contribution in [0.4, 0.5) is 21.9 Å². The maximum Gasteiger partial charge on any atom is 0.319 e. The third kappa shape index (κ3) is 5.56. The zero-order valence-electron chi connectivity index (χ0n) is 20.4. The van der Waals surface area contributed by atoms with Crippen molar-refractivity contribution in [3.63, 3.8) is 0 Å². The molecule has 0 saturated carbocycles. The van der Waals surface area contributed by atoms with Crippen molar-refractivity contribution < 1.29 is 14.6 Å². The number of para-hydroxylation sites is 1. The Morgan fingerprint density at radius 1 is 1.14 bits per heavy atom. The van der Waals surface area contributed by atoms with Gasteiger partial charge < -0.3 is 25.8 Å². The van der Waals surface area contributed by atoms with Gasteiger partial charge in [0.2, 0.25) is 0 Å². The minimum absolute atomic E-state index is 0.0440. The molecule has 0 aliphatic heterocycles. The first-order valence-electron chi connectivity index (χ1n) is 11.5. The minimum Gasteiger partial charge on any atom is -0.457 e. The van der Waals surface area contributed by atoms with E-state index in [9.17, 15) is 15.2 Å². The van der Waals surface area contributed by atoms with E-state index in [4.69, 9.17) is 4.74 Å². The first kappa shape index (κ1) is 24.6. The fourth-order valence-electron chi connectivity index (χ4n) is 3.54. The summed E-state index contributed by atoms with van der Waals surface area (Å²) >= 11 is 0. The molecule has 0 radical (unpaired) electrons. The smallest absolute Gasteiger partial charge is 0.319 e. The van der Waals surface area contributed by atoms with Gasteiger partial charge in [-0.25, -0.2) is 9.31 Å². The average molecular weight is 485 g/mol. The van der Waals surface area contributed by atoms with Gasteiger partial charge in [0.15, 0.2) is 0 Å². The number of rotatable bonds is 8. The largest absolute Gasteiger partial charge is 0.457 e. The topological polar surface area (TPSA) is 124 Å². The Labute approximate surface area is 209 Å². The Bertz CT molecular complexity index is 1410. The van der Waals surface area contributed by atoms with E-state index >= 15 is 0 Å². The predicted octanol–water partition coefficient (Wildman–Crippen LogP) is 5.19. The van der Waals surface area contributed by atoms with E-state index in [0.717, 1.165) is 17.0 Å². The SMILES string of the molecule is Cc1c(NC(=O)NCC(C)(C)CO)cn2ncc(C#N)c(Nc3ccc(Oc4ccccc4)cc3)c12. The molecule has 0 atom stereocenters. The molecule has 0 spiro atoms. The van der Waals surface area contributed by atoms with E-state index in [1.807, 2.05) is 75.4 Å². The number of hydrogen-bond acceptors (Lipinski definition) is 6. The zero-order valence-corrected chi connectivity index (χ0v) is 20.4. The van der Waals surface area contributed by atoms with E-state index in [1.54, 1.807) is 10.7 Å². The van der Waals surface area contributed by atoms with Gasteiger partial charge in [-0.3, -0.25) is 0 Å². The fourth-order valence-corrected chi connectivity index (χ4v) is 3.54. The molecule has 0 aliphatic carbocycles. The van der Waals surface area contributed by atoms with Gasteiger partial charge >= 0.3 is 6.03 Å². The maximum atomic E-state index is 12.5. The second-order valence-corrected chi connectivity index (χ2v) is 9.20. The molecule has 2 aromatic heterocycles. The number of nitriles is 1. The number of aryl methyl sites for hydroxylation is 1. The molecule has 0 aliphatic rings.